The Morgan fingerprint density at radius 1 is 1.14 bits per heavy atom. The second kappa shape index (κ2) is 8.54. The predicted octanol–water partition coefficient (Wildman–Crippen LogP) is 4.83. The highest BCUT2D eigenvalue weighted by atomic mass is 35.5. The average molecular weight is 510 g/mol. The molecule has 0 aliphatic carbocycles. The number of hydrogen-bond donors (Lipinski definition) is 0. The summed E-state index contributed by atoms with van der Waals surface area (Å²) in [5.41, 5.74) is 4.42. The Bertz CT molecular complexity index is 1330. The molecule has 0 saturated carbocycles. The fraction of sp³-hybridized carbons (Fsp3) is 0.462. The van der Waals surface area contributed by atoms with Crippen LogP contribution in [0.25, 0.3) is 5.00 Å². The summed E-state index contributed by atoms with van der Waals surface area (Å²) < 4.78 is 7.54. The molecule has 3 aliphatic rings. The summed E-state index contributed by atoms with van der Waals surface area (Å²) in [6, 6.07) is 7.35. The van der Waals surface area contributed by atoms with E-state index in [1.54, 1.807) is 11.3 Å². The van der Waals surface area contributed by atoms with Crippen LogP contribution in [0, 0.1) is 26.2 Å². The first kappa shape index (κ1) is 22.9. The number of rotatable bonds is 3. The number of nitrogens with zero attached hydrogens (tertiary/aromatic N) is 5. The highest BCUT2D eigenvalue weighted by Gasteiger charge is 2.42. The van der Waals surface area contributed by atoms with Gasteiger partial charge in [-0.2, -0.15) is 0 Å². The number of fused-ring (bicyclic) bond motifs is 3. The predicted molar refractivity (Wildman–Crippen MR) is 137 cm³/mol. The second-order valence-corrected chi connectivity index (χ2v) is 11.6. The number of halogens is 1. The van der Waals surface area contributed by atoms with Gasteiger partial charge >= 0.3 is 0 Å². The third-order valence-electron chi connectivity index (χ3n) is 7.72. The summed E-state index contributed by atoms with van der Waals surface area (Å²) in [5.74, 6) is 1.65. The first-order valence-corrected chi connectivity index (χ1v) is 13.3. The van der Waals surface area contributed by atoms with Crippen LogP contribution in [0.5, 0.6) is 0 Å². The summed E-state index contributed by atoms with van der Waals surface area (Å²) in [4.78, 5) is 21.9. The van der Waals surface area contributed by atoms with Crippen LogP contribution in [0.2, 0.25) is 5.02 Å². The molecule has 182 valence electrons. The lowest BCUT2D eigenvalue weighted by atomic mass is 9.77. The van der Waals surface area contributed by atoms with Crippen LogP contribution in [0.15, 0.2) is 29.3 Å². The van der Waals surface area contributed by atoms with Gasteiger partial charge in [-0.15, -0.1) is 21.5 Å². The van der Waals surface area contributed by atoms with E-state index in [0.29, 0.717) is 10.4 Å². The van der Waals surface area contributed by atoms with E-state index in [-0.39, 0.29) is 12.3 Å². The number of carbonyl (C=O) groups is 1. The number of amides is 1. The van der Waals surface area contributed by atoms with E-state index in [4.69, 9.17) is 21.3 Å². The molecule has 0 N–H and O–H groups in total. The summed E-state index contributed by atoms with van der Waals surface area (Å²) >= 11 is 7.91. The number of piperidine rings is 1. The fourth-order valence-electron chi connectivity index (χ4n) is 5.34. The SMILES string of the molecule is Cc1sc2c(c1C)C(c1ccc(Cl)cc1)=NC(CC(=O)N1CCC3(CC1)COC3)c1nnc(C)n1-2. The number of aliphatic imine (C=N–C) groups is 1. The van der Waals surface area contributed by atoms with Gasteiger partial charge < -0.3 is 9.64 Å². The minimum Gasteiger partial charge on any atom is -0.380 e. The largest absolute Gasteiger partial charge is 0.380 e. The van der Waals surface area contributed by atoms with Gasteiger partial charge in [0.15, 0.2) is 5.82 Å². The van der Waals surface area contributed by atoms with Crippen LogP contribution >= 0.6 is 22.9 Å². The van der Waals surface area contributed by atoms with Crippen molar-refractivity contribution in [3.63, 3.8) is 0 Å². The Hall–Kier alpha value is -2.55. The fourth-order valence-corrected chi connectivity index (χ4v) is 6.68. The van der Waals surface area contributed by atoms with Crippen molar-refractivity contribution < 1.29 is 9.53 Å². The molecule has 9 heteroatoms. The third-order valence-corrected chi connectivity index (χ3v) is 9.16. The third kappa shape index (κ3) is 3.82. The van der Waals surface area contributed by atoms with Crippen LogP contribution in [-0.4, -0.2) is 57.6 Å². The molecule has 1 aromatic carbocycles. The summed E-state index contributed by atoms with van der Waals surface area (Å²) in [7, 11) is 0. The maximum atomic E-state index is 13.5. The Morgan fingerprint density at radius 2 is 1.86 bits per heavy atom. The van der Waals surface area contributed by atoms with Crippen molar-refractivity contribution in [3.8, 4) is 5.00 Å². The van der Waals surface area contributed by atoms with E-state index < -0.39 is 6.04 Å². The topological polar surface area (TPSA) is 72.6 Å². The Balaban J connectivity index is 1.40. The number of benzene rings is 1. The molecule has 35 heavy (non-hydrogen) atoms. The molecular formula is C26H28ClN5O2S. The second-order valence-electron chi connectivity index (χ2n) is 9.98. The molecule has 2 fully saturated rings. The molecule has 1 amide bonds. The van der Waals surface area contributed by atoms with E-state index in [9.17, 15) is 4.79 Å². The lowest BCUT2D eigenvalue weighted by molar-refractivity contribution is -0.153. The van der Waals surface area contributed by atoms with E-state index in [1.165, 1.54) is 10.4 Å². The van der Waals surface area contributed by atoms with E-state index in [0.717, 1.165) is 72.6 Å². The molecule has 1 atom stereocenters. The molecule has 2 aromatic heterocycles. The summed E-state index contributed by atoms with van der Waals surface area (Å²) in [6.07, 6.45) is 2.28. The molecule has 3 aliphatic heterocycles. The zero-order chi connectivity index (χ0) is 24.3. The molecule has 2 saturated heterocycles. The molecule has 1 unspecified atom stereocenters. The lowest BCUT2D eigenvalue weighted by Crippen LogP contribution is -2.52. The van der Waals surface area contributed by atoms with Crippen molar-refractivity contribution in [1.82, 2.24) is 19.7 Å². The van der Waals surface area contributed by atoms with Gasteiger partial charge in [0, 0.05) is 39.5 Å². The maximum absolute atomic E-state index is 13.5. The van der Waals surface area contributed by atoms with Crippen molar-refractivity contribution in [1.29, 1.82) is 0 Å². The molecule has 0 radical (unpaired) electrons. The van der Waals surface area contributed by atoms with Crippen LogP contribution < -0.4 is 0 Å². The maximum Gasteiger partial charge on any atom is 0.225 e. The van der Waals surface area contributed by atoms with Gasteiger partial charge in [-0.05, 0) is 51.3 Å². The Kier molecular flexibility index (Phi) is 5.58. The van der Waals surface area contributed by atoms with Crippen LogP contribution in [-0.2, 0) is 9.53 Å². The molecule has 6 rings (SSSR count). The molecule has 7 nitrogen and oxygen atoms in total. The molecular weight excluding hydrogens is 482 g/mol. The van der Waals surface area contributed by atoms with Gasteiger partial charge in [0.05, 0.1) is 25.3 Å². The summed E-state index contributed by atoms with van der Waals surface area (Å²) in [5, 5.41) is 10.7. The van der Waals surface area contributed by atoms with Gasteiger partial charge in [-0.3, -0.25) is 14.4 Å². The smallest absolute Gasteiger partial charge is 0.225 e. The standard InChI is InChI=1S/C26H28ClN5O2S/c1-15-16(2)35-25-22(15)23(18-4-6-19(27)7-5-18)28-20(24-30-29-17(3)32(24)25)12-21(33)31-10-8-26(9-11-31)13-34-14-26/h4-7,20H,8-14H2,1-3H3. The number of carbonyl (C=O) groups excluding carboxylic acids is 1. The average Bonchev–Trinajstić information content (AvgIpc) is 3.31. The molecule has 0 bridgehead atoms. The minimum absolute atomic E-state index is 0.120. The highest BCUT2D eigenvalue weighted by Crippen LogP contribution is 2.41. The zero-order valence-corrected chi connectivity index (χ0v) is 21.7. The number of likely N-dealkylation sites (tertiary alicyclic amines) is 1. The number of hydrogen-bond acceptors (Lipinski definition) is 6. The van der Waals surface area contributed by atoms with Gasteiger partial charge in [0.1, 0.15) is 16.9 Å². The van der Waals surface area contributed by atoms with Crippen LogP contribution in [0.1, 0.15) is 58.5 Å². The highest BCUT2D eigenvalue weighted by molar-refractivity contribution is 7.15. The first-order chi connectivity index (χ1) is 16.8. The normalized spacial score (nSPS) is 20.6. The van der Waals surface area contributed by atoms with E-state index >= 15 is 0 Å². The van der Waals surface area contributed by atoms with Gasteiger partial charge in [-0.1, -0.05) is 23.7 Å². The minimum atomic E-state index is -0.420. The summed E-state index contributed by atoms with van der Waals surface area (Å²) in [6.45, 7) is 9.44. The number of ether oxygens (including phenoxy) is 1. The first-order valence-electron chi connectivity index (χ1n) is 12.1. The number of thiophene rings is 1. The molecule has 3 aromatic rings. The zero-order valence-electron chi connectivity index (χ0n) is 20.2. The van der Waals surface area contributed by atoms with E-state index in [2.05, 4.69) is 28.6 Å². The van der Waals surface area contributed by atoms with Crippen LogP contribution in [0.3, 0.4) is 0 Å². The van der Waals surface area contributed by atoms with Crippen molar-refractivity contribution in [3.05, 3.63) is 62.5 Å². The van der Waals surface area contributed by atoms with Gasteiger partial charge in [-0.25, -0.2) is 0 Å². The monoisotopic (exact) mass is 509 g/mol. The number of aromatic nitrogens is 3. The quantitative estimate of drug-likeness (QED) is 0.507. The Morgan fingerprint density at radius 3 is 2.51 bits per heavy atom. The van der Waals surface area contributed by atoms with Crippen molar-refractivity contribution in [2.24, 2.45) is 10.4 Å². The lowest BCUT2D eigenvalue weighted by Gasteiger charge is -2.47. The van der Waals surface area contributed by atoms with Crippen molar-refractivity contribution in [2.75, 3.05) is 26.3 Å². The Labute approximate surface area is 213 Å². The number of aryl methyl sites for hydroxylation is 2. The van der Waals surface area contributed by atoms with Crippen molar-refractivity contribution >= 4 is 34.6 Å². The van der Waals surface area contributed by atoms with Crippen LogP contribution in [0.4, 0.5) is 0 Å². The molecule has 5 heterocycles. The van der Waals surface area contributed by atoms with Crippen molar-refractivity contribution in [2.45, 2.75) is 46.1 Å². The van der Waals surface area contributed by atoms with Gasteiger partial charge in [0.2, 0.25) is 5.91 Å². The van der Waals surface area contributed by atoms with Gasteiger partial charge in [0.25, 0.3) is 0 Å². The van der Waals surface area contributed by atoms with E-state index in [1.807, 2.05) is 36.1 Å². The molecule has 1 spiro atoms.